The Kier molecular flexibility index (Phi) is 7.29. The summed E-state index contributed by atoms with van der Waals surface area (Å²) in [5.74, 6) is 0.872. The van der Waals surface area contributed by atoms with Crippen molar-refractivity contribution >= 4 is 18.2 Å². The van der Waals surface area contributed by atoms with Crippen molar-refractivity contribution in [2.45, 2.75) is 19.3 Å². The molecule has 0 amide bonds. The van der Waals surface area contributed by atoms with Gasteiger partial charge < -0.3 is 4.74 Å². The monoisotopic (exact) mass is 345 g/mol. The largest absolute Gasteiger partial charge is 0.492 e. The van der Waals surface area contributed by atoms with Crippen molar-refractivity contribution < 1.29 is 9.53 Å². The molecule has 3 rings (SSSR count). The van der Waals surface area contributed by atoms with Crippen molar-refractivity contribution in [3.8, 4) is 5.75 Å². The zero-order valence-corrected chi connectivity index (χ0v) is 14.6. The minimum absolute atomic E-state index is 0. The van der Waals surface area contributed by atoms with E-state index in [1.54, 1.807) is 0 Å². The lowest BCUT2D eigenvalue weighted by molar-refractivity contribution is 0.103. The molecule has 2 aromatic carbocycles. The Balaban J connectivity index is 0.00000208. The fourth-order valence-electron chi connectivity index (χ4n) is 2.93. The quantitative estimate of drug-likeness (QED) is 0.735. The van der Waals surface area contributed by atoms with Gasteiger partial charge in [0.2, 0.25) is 0 Å². The number of ketones is 1. The van der Waals surface area contributed by atoms with Crippen molar-refractivity contribution in [1.82, 2.24) is 4.90 Å². The van der Waals surface area contributed by atoms with Gasteiger partial charge in [0.15, 0.2) is 5.78 Å². The van der Waals surface area contributed by atoms with Crippen LogP contribution in [-0.4, -0.2) is 36.9 Å². The number of benzene rings is 2. The minimum atomic E-state index is 0. The average molecular weight is 346 g/mol. The van der Waals surface area contributed by atoms with Crippen LogP contribution in [0, 0.1) is 0 Å². The molecule has 4 heteroatoms. The second kappa shape index (κ2) is 9.45. The number of carbonyl (C=O) groups excluding carboxylic acids is 1. The van der Waals surface area contributed by atoms with Gasteiger partial charge in [-0.05, 0) is 50.2 Å². The third kappa shape index (κ3) is 5.08. The molecule has 0 saturated carbocycles. The lowest BCUT2D eigenvalue weighted by Gasteiger charge is -2.26. The predicted molar refractivity (Wildman–Crippen MR) is 99.4 cm³/mol. The Hall–Kier alpha value is -1.84. The lowest BCUT2D eigenvalue weighted by Crippen LogP contribution is -2.33. The van der Waals surface area contributed by atoms with Crippen LogP contribution < -0.4 is 4.74 Å². The number of ether oxygens (including phenoxy) is 1. The van der Waals surface area contributed by atoms with Gasteiger partial charge in [-0.15, -0.1) is 12.4 Å². The molecule has 1 saturated heterocycles. The van der Waals surface area contributed by atoms with E-state index in [1.807, 2.05) is 54.6 Å². The number of rotatable bonds is 6. The molecule has 0 bridgehead atoms. The highest BCUT2D eigenvalue weighted by Crippen LogP contribution is 2.16. The van der Waals surface area contributed by atoms with Crippen molar-refractivity contribution in [3.63, 3.8) is 0 Å². The maximum absolute atomic E-state index is 12.3. The summed E-state index contributed by atoms with van der Waals surface area (Å²) in [5.41, 5.74) is 1.41. The van der Waals surface area contributed by atoms with Crippen molar-refractivity contribution in [2.24, 2.45) is 0 Å². The van der Waals surface area contributed by atoms with Gasteiger partial charge in [0, 0.05) is 17.7 Å². The first-order valence-corrected chi connectivity index (χ1v) is 8.38. The average Bonchev–Trinajstić information content (AvgIpc) is 2.63. The fraction of sp³-hybridized carbons (Fsp3) is 0.350. The van der Waals surface area contributed by atoms with Gasteiger partial charge in [-0.1, -0.05) is 36.8 Å². The molecule has 0 N–H and O–H groups in total. The molecule has 1 fully saturated rings. The smallest absolute Gasteiger partial charge is 0.193 e. The van der Waals surface area contributed by atoms with Crippen LogP contribution in [-0.2, 0) is 0 Å². The van der Waals surface area contributed by atoms with Gasteiger partial charge in [0.25, 0.3) is 0 Å². The van der Waals surface area contributed by atoms with E-state index in [-0.39, 0.29) is 18.2 Å². The third-order valence-electron chi connectivity index (χ3n) is 4.28. The van der Waals surface area contributed by atoms with Gasteiger partial charge in [0.05, 0.1) is 0 Å². The van der Waals surface area contributed by atoms with E-state index in [1.165, 1.54) is 32.4 Å². The van der Waals surface area contributed by atoms with E-state index in [9.17, 15) is 4.79 Å². The first kappa shape index (κ1) is 18.5. The maximum Gasteiger partial charge on any atom is 0.193 e. The molecule has 1 heterocycles. The Morgan fingerprint density at radius 1 is 0.875 bits per heavy atom. The highest BCUT2D eigenvalue weighted by molar-refractivity contribution is 6.08. The summed E-state index contributed by atoms with van der Waals surface area (Å²) in [7, 11) is 0. The number of piperidine rings is 1. The van der Waals surface area contributed by atoms with Crippen molar-refractivity contribution in [2.75, 3.05) is 26.2 Å². The fourth-order valence-corrected chi connectivity index (χ4v) is 2.93. The summed E-state index contributed by atoms with van der Waals surface area (Å²) in [6.45, 7) is 4.05. The molecule has 0 atom stereocenters. The van der Waals surface area contributed by atoms with E-state index < -0.39 is 0 Å². The van der Waals surface area contributed by atoms with Gasteiger partial charge >= 0.3 is 0 Å². The Labute approximate surface area is 150 Å². The van der Waals surface area contributed by atoms with Crippen LogP contribution in [0.1, 0.15) is 35.2 Å². The van der Waals surface area contributed by atoms with Crippen LogP contribution >= 0.6 is 12.4 Å². The summed E-state index contributed by atoms with van der Waals surface area (Å²) in [6.07, 6.45) is 3.96. The molecule has 24 heavy (non-hydrogen) atoms. The van der Waals surface area contributed by atoms with Crippen LogP contribution in [0.3, 0.4) is 0 Å². The predicted octanol–water partition coefficient (Wildman–Crippen LogP) is 4.20. The summed E-state index contributed by atoms with van der Waals surface area (Å²) in [6, 6.07) is 16.8. The zero-order valence-electron chi connectivity index (χ0n) is 13.8. The van der Waals surface area contributed by atoms with E-state index in [0.29, 0.717) is 17.7 Å². The van der Waals surface area contributed by atoms with Crippen LogP contribution in [0.2, 0.25) is 0 Å². The Bertz CT molecular complexity index is 622. The number of hydrogen-bond acceptors (Lipinski definition) is 3. The molecule has 0 unspecified atom stereocenters. The molecule has 3 nitrogen and oxygen atoms in total. The van der Waals surface area contributed by atoms with E-state index in [4.69, 9.17) is 4.74 Å². The van der Waals surface area contributed by atoms with Crippen LogP contribution in [0.15, 0.2) is 54.6 Å². The molecule has 2 aromatic rings. The summed E-state index contributed by atoms with van der Waals surface area (Å²) in [5, 5.41) is 0. The molecule has 1 aliphatic rings. The number of halogens is 1. The van der Waals surface area contributed by atoms with Crippen LogP contribution in [0.5, 0.6) is 5.75 Å². The molecular formula is C20H24ClNO2. The number of nitrogens with zero attached hydrogens (tertiary/aromatic N) is 1. The lowest BCUT2D eigenvalue weighted by atomic mass is 10.0. The summed E-state index contributed by atoms with van der Waals surface area (Å²) in [4.78, 5) is 14.8. The van der Waals surface area contributed by atoms with Gasteiger partial charge in [-0.2, -0.15) is 0 Å². The molecule has 0 aliphatic carbocycles. The number of likely N-dealkylation sites (tertiary alicyclic amines) is 1. The SMILES string of the molecule is Cl.O=C(c1ccccc1)c1ccc(OCCN2CCCCC2)cc1. The van der Waals surface area contributed by atoms with Gasteiger partial charge in [-0.3, -0.25) is 9.69 Å². The highest BCUT2D eigenvalue weighted by Gasteiger charge is 2.10. The first-order valence-electron chi connectivity index (χ1n) is 8.38. The minimum Gasteiger partial charge on any atom is -0.492 e. The maximum atomic E-state index is 12.3. The van der Waals surface area contributed by atoms with Crippen LogP contribution in [0.4, 0.5) is 0 Å². The molecule has 0 spiro atoms. The van der Waals surface area contributed by atoms with E-state index >= 15 is 0 Å². The summed E-state index contributed by atoms with van der Waals surface area (Å²) < 4.78 is 5.80. The van der Waals surface area contributed by atoms with Crippen molar-refractivity contribution in [3.05, 3.63) is 65.7 Å². The van der Waals surface area contributed by atoms with Crippen molar-refractivity contribution in [1.29, 1.82) is 0 Å². The zero-order chi connectivity index (χ0) is 15.9. The Morgan fingerprint density at radius 2 is 1.50 bits per heavy atom. The third-order valence-corrected chi connectivity index (χ3v) is 4.28. The van der Waals surface area contributed by atoms with Gasteiger partial charge in [0.1, 0.15) is 12.4 Å². The molecular weight excluding hydrogens is 322 g/mol. The second-order valence-electron chi connectivity index (χ2n) is 5.97. The molecule has 128 valence electrons. The first-order chi connectivity index (χ1) is 11.3. The standard InChI is InChI=1S/C20H23NO2.ClH/c22-20(17-7-3-1-4-8-17)18-9-11-19(12-10-18)23-16-15-21-13-5-2-6-14-21;/h1,3-4,7-12H,2,5-6,13-16H2;1H. The molecule has 0 radical (unpaired) electrons. The molecule has 0 aromatic heterocycles. The van der Waals surface area contributed by atoms with Gasteiger partial charge in [-0.25, -0.2) is 0 Å². The van der Waals surface area contributed by atoms with E-state index in [0.717, 1.165) is 12.3 Å². The highest BCUT2D eigenvalue weighted by atomic mass is 35.5. The topological polar surface area (TPSA) is 29.5 Å². The van der Waals surface area contributed by atoms with E-state index in [2.05, 4.69) is 4.90 Å². The summed E-state index contributed by atoms with van der Waals surface area (Å²) >= 11 is 0. The number of hydrogen-bond donors (Lipinski definition) is 0. The van der Waals surface area contributed by atoms with Crippen LogP contribution in [0.25, 0.3) is 0 Å². The second-order valence-corrected chi connectivity index (χ2v) is 5.97. The number of carbonyl (C=O) groups is 1. The Morgan fingerprint density at radius 3 is 2.17 bits per heavy atom. The normalized spacial score (nSPS) is 14.7. The molecule has 1 aliphatic heterocycles.